The van der Waals surface area contributed by atoms with Crippen LogP contribution in [0.1, 0.15) is 33.1 Å². The average molecular weight is 402 g/mol. The average Bonchev–Trinajstić information content (AvgIpc) is 3.38. The molecule has 4 rings (SSSR count). The summed E-state index contributed by atoms with van der Waals surface area (Å²) in [5, 5.41) is 22.6. The van der Waals surface area contributed by atoms with Crippen molar-refractivity contribution in [2.75, 3.05) is 11.1 Å². The lowest BCUT2D eigenvalue weighted by atomic mass is 10.1. The van der Waals surface area contributed by atoms with Crippen molar-refractivity contribution in [2.45, 2.75) is 30.8 Å². The highest BCUT2D eigenvalue weighted by Gasteiger charge is 2.23. The van der Waals surface area contributed by atoms with Gasteiger partial charge in [-0.15, -0.1) is 27.8 Å². The number of rotatable bonds is 6. The monoisotopic (exact) mass is 401 g/mol. The summed E-state index contributed by atoms with van der Waals surface area (Å²) in [6.45, 7) is 0. The van der Waals surface area contributed by atoms with Crippen LogP contribution < -0.4 is 5.32 Å². The molecule has 0 unspecified atom stereocenters. The molecule has 0 aromatic carbocycles. The van der Waals surface area contributed by atoms with E-state index in [9.17, 15) is 10.1 Å². The molecule has 1 aliphatic carbocycles. The molecule has 0 radical (unpaired) electrons. The standard InChI is InChI=1S/C17H15N5OS3/c18-8-12-11-4-1-5-13(11)26-16(12)20-15(23)9-25-17-19-14(21-22-17)7-10-3-2-6-24-10/h2-3,6H,1,4-5,7,9H2,(H,20,23)(H,19,21,22). The maximum atomic E-state index is 12.2. The fourth-order valence-corrected chi connectivity index (χ4v) is 5.49. The summed E-state index contributed by atoms with van der Waals surface area (Å²) in [5.41, 5.74) is 1.75. The Labute approximate surface area is 162 Å². The Morgan fingerprint density at radius 1 is 1.46 bits per heavy atom. The molecule has 132 valence electrons. The molecule has 6 nitrogen and oxygen atoms in total. The number of thiophene rings is 2. The fourth-order valence-electron chi connectivity index (χ4n) is 2.90. The van der Waals surface area contributed by atoms with E-state index in [2.05, 4.69) is 32.6 Å². The number of hydrogen-bond donors (Lipinski definition) is 2. The molecule has 1 amide bonds. The zero-order valence-corrected chi connectivity index (χ0v) is 16.2. The van der Waals surface area contributed by atoms with E-state index in [1.807, 2.05) is 11.4 Å². The molecule has 3 aromatic rings. The summed E-state index contributed by atoms with van der Waals surface area (Å²) in [5.74, 6) is 0.858. The van der Waals surface area contributed by atoms with Gasteiger partial charge in [0.1, 0.15) is 16.9 Å². The van der Waals surface area contributed by atoms with Crippen molar-refractivity contribution in [3.8, 4) is 6.07 Å². The third-order valence-electron chi connectivity index (χ3n) is 4.05. The summed E-state index contributed by atoms with van der Waals surface area (Å²) >= 11 is 4.49. The lowest BCUT2D eigenvalue weighted by Crippen LogP contribution is -2.14. The fraction of sp³-hybridized carbons (Fsp3) is 0.294. The Bertz CT molecular complexity index is 967. The van der Waals surface area contributed by atoms with Crippen molar-refractivity contribution in [1.29, 1.82) is 5.26 Å². The van der Waals surface area contributed by atoms with Gasteiger partial charge in [0.2, 0.25) is 11.1 Å². The maximum absolute atomic E-state index is 12.2. The molecule has 9 heteroatoms. The summed E-state index contributed by atoms with van der Waals surface area (Å²) < 4.78 is 0. The second kappa shape index (κ2) is 7.61. The minimum absolute atomic E-state index is 0.143. The van der Waals surface area contributed by atoms with Gasteiger partial charge in [0.25, 0.3) is 0 Å². The number of fused-ring (bicyclic) bond motifs is 1. The van der Waals surface area contributed by atoms with Crippen molar-refractivity contribution in [3.05, 3.63) is 44.2 Å². The molecule has 0 spiro atoms. The third-order valence-corrected chi connectivity index (χ3v) is 6.98. The van der Waals surface area contributed by atoms with E-state index in [0.29, 0.717) is 22.1 Å². The van der Waals surface area contributed by atoms with Crippen LogP contribution in [0.5, 0.6) is 0 Å². The first kappa shape index (κ1) is 17.3. The Kier molecular flexibility index (Phi) is 5.06. The van der Waals surface area contributed by atoms with E-state index < -0.39 is 0 Å². The van der Waals surface area contributed by atoms with Crippen LogP contribution in [0, 0.1) is 11.3 Å². The zero-order chi connectivity index (χ0) is 17.9. The smallest absolute Gasteiger partial charge is 0.235 e. The number of nitrogens with zero attached hydrogens (tertiary/aromatic N) is 3. The maximum Gasteiger partial charge on any atom is 0.235 e. The van der Waals surface area contributed by atoms with E-state index in [4.69, 9.17) is 0 Å². The number of aromatic nitrogens is 3. The lowest BCUT2D eigenvalue weighted by molar-refractivity contribution is -0.113. The first-order chi connectivity index (χ1) is 12.7. The number of thioether (sulfide) groups is 1. The van der Waals surface area contributed by atoms with Crippen molar-refractivity contribution in [3.63, 3.8) is 0 Å². The zero-order valence-electron chi connectivity index (χ0n) is 13.7. The van der Waals surface area contributed by atoms with Gasteiger partial charge < -0.3 is 5.32 Å². The van der Waals surface area contributed by atoms with E-state index in [0.717, 1.165) is 30.7 Å². The van der Waals surface area contributed by atoms with Crippen molar-refractivity contribution in [1.82, 2.24) is 15.2 Å². The van der Waals surface area contributed by atoms with Crippen molar-refractivity contribution in [2.24, 2.45) is 0 Å². The van der Waals surface area contributed by atoms with Gasteiger partial charge in [-0.05, 0) is 36.3 Å². The largest absolute Gasteiger partial charge is 0.316 e. The number of hydrogen-bond acceptors (Lipinski definition) is 7. The number of carbonyl (C=O) groups is 1. The van der Waals surface area contributed by atoms with Crippen molar-refractivity contribution < 1.29 is 4.79 Å². The van der Waals surface area contributed by atoms with Gasteiger partial charge in [0.15, 0.2) is 0 Å². The van der Waals surface area contributed by atoms with E-state index >= 15 is 0 Å². The van der Waals surface area contributed by atoms with Gasteiger partial charge in [-0.2, -0.15) is 5.26 Å². The molecule has 3 heterocycles. The Balaban J connectivity index is 1.33. The molecule has 0 bridgehead atoms. The van der Waals surface area contributed by atoms with Crippen LogP contribution in [0.4, 0.5) is 5.00 Å². The number of amides is 1. The molecule has 2 N–H and O–H groups in total. The van der Waals surface area contributed by atoms with E-state index in [-0.39, 0.29) is 11.7 Å². The Morgan fingerprint density at radius 3 is 3.19 bits per heavy atom. The topological polar surface area (TPSA) is 94.5 Å². The highest BCUT2D eigenvalue weighted by Crippen LogP contribution is 2.38. The minimum Gasteiger partial charge on any atom is -0.316 e. The van der Waals surface area contributed by atoms with Crippen LogP contribution in [-0.4, -0.2) is 26.8 Å². The number of nitriles is 1. The summed E-state index contributed by atoms with van der Waals surface area (Å²) in [6, 6.07) is 6.30. The van der Waals surface area contributed by atoms with Gasteiger partial charge in [-0.1, -0.05) is 17.8 Å². The summed E-state index contributed by atoms with van der Waals surface area (Å²) in [6.07, 6.45) is 3.75. The quantitative estimate of drug-likeness (QED) is 0.615. The van der Waals surface area contributed by atoms with E-state index in [1.54, 1.807) is 11.3 Å². The Hall–Kier alpha value is -2.15. The van der Waals surface area contributed by atoms with Crippen LogP contribution in [0.25, 0.3) is 0 Å². The summed E-state index contributed by atoms with van der Waals surface area (Å²) in [4.78, 5) is 19.1. The Morgan fingerprint density at radius 2 is 2.38 bits per heavy atom. The van der Waals surface area contributed by atoms with Crippen LogP contribution in [-0.2, 0) is 24.1 Å². The first-order valence-corrected chi connectivity index (χ1v) is 10.8. The normalized spacial score (nSPS) is 12.7. The van der Waals surface area contributed by atoms with E-state index in [1.165, 1.54) is 32.9 Å². The molecule has 3 aromatic heterocycles. The van der Waals surface area contributed by atoms with Gasteiger partial charge in [-0.3, -0.25) is 9.89 Å². The molecular formula is C17H15N5OS3. The molecule has 0 aliphatic heterocycles. The van der Waals surface area contributed by atoms with Gasteiger partial charge in [0, 0.05) is 16.2 Å². The molecule has 1 aliphatic rings. The van der Waals surface area contributed by atoms with Gasteiger partial charge in [-0.25, -0.2) is 4.98 Å². The molecule has 0 atom stereocenters. The lowest BCUT2D eigenvalue weighted by Gasteiger charge is -2.02. The predicted octanol–water partition coefficient (Wildman–Crippen LogP) is 3.61. The second-order valence-corrected chi connectivity index (χ2v) is 8.91. The highest BCUT2D eigenvalue weighted by molar-refractivity contribution is 7.99. The second-order valence-electron chi connectivity index (χ2n) is 5.83. The van der Waals surface area contributed by atoms with Gasteiger partial charge in [0.05, 0.1) is 11.3 Å². The molecule has 0 saturated carbocycles. The van der Waals surface area contributed by atoms with Crippen molar-refractivity contribution >= 4 is 45.3 Å². The summed E-state index contributed by atoms with van der Waals surface area (Å²) in [7, 11) is 0. The third kappa shape index (κ3) is 3.67. The van der Waals surface area contributed by atoms with Crippen LogP contribution in [0.3, 0.4) is 0 Å². The first-order valence-electron chi connectivity index (χ1n) is 8.14. The predicted molar refractivity (Wildman–Crippen MR) is 104 cm³/mol. The van der Waals surface area contributed by atoms with Crippen LogP contribution in [0.2, 0.25) is 0 Å². The molecule has 0 fully saturated rings. The number of anilines is 1. The highest BCUT2D eigenvalue weighted by atomic mass is 32.2. The van der Waals surface area contributed by atoms with Gasteiger partial charge >= 0.3 is 0 Å². The number of aromatic amines is 1. The number of carbonyl (C=O) groups excluding carboxylic acids is 1. The van der Waals surface area contributed by atoms with Crippen LogP contribution >= 0.6 is 34.4 Å². The molecular weight excluding hydrogens is 386 g/mol. The number of nitrogens with one attached hydrogen (secondary N) is 2. The SMILES string of the molecule is N#Cc1c(NC(=O)CSc2n[nH]c(Cc3cccs3)n2)sc2c1CCC2. The minimum atomic E-state index is -0.143. The van der Waals surface area contributed by atoms with Crippen LogP contribution in [0.15, 0.2) is 22.7 Å². The molecule has 26 heavy (non-hydrogen) atoms. The number of H-pyrrole nitrogens is 1. The molecule has 0 saturated heterocycles. The number of aryl methyl sites for hydroxylation is 1.